The normalized spacial score (nSPS) is 10.2. The van der Waals surface area contributed by atoms with Crippen LogP contribution in [0.25, 0.3) is 0 Å². The summed E-state index contributed by atoms with van der Waals surface area (Å²) in [5, 5.41) is 2.54. The average Bonchev–Trinajstić information content (AvgIpc) is 2.61. The van der Waals surface area contributed by atoms with Gasteiger partial charge in [0.15, 0.2) is 18.1 Å². The number of nitrogens with one attached hydrogen (secondary N) is 1. The number of benzene rings is 2. The maximum absolute atomic E-state index is 12.1. The van der Waals surface area contributed by atoms with E-state index in [4.69, 9.17) is 9.47 Å². The van der Waals surface area contributed by atoms with Gasteiger partial charge in [0, 0.05) is 11.3 Å². The van der Waals surface area contributed by atoms with Crippen molar-refractivity contribution < 1.29 is 32.6 Å². The van der Waals surface area contributed by atoms with Crippen molar-refractivity contribution >= 4 is 17.9 Å². The van der Waals surface area contributed by atoms with Crippen LogP contribution in [0, 0.1) is 0 Å². The number of anilines is 1. The van der Waals surface area contributed by atoms with Crippen LogP contribution in [0.3, 0.4) is 0 Å². The second kappa shape index (κ2) is 8.62. The Morgan fingerprint density at radius 1 is 1.16 bits per heavy atom. The third-order valence-corrected chi connectivity index (χ3v) is 3.05. The van der Waals surface area contributed by atoms with E-state index in [9.17, 15) is 18.4 Å². The molecule has 6 nitrogen and oxygen atoms in total. The molecule has 0 bridgehead atoms. The Balaban J connectivity index is 1.93. The molecule has 0 unspecified atom stereocenters. The fourth-order valence-corrected chi connectivity index (χ4v) is 1.94. The molecule has 0 heterocycles. The first-order valence-electron chi connectivity index (χ1n) is 7.12. The van der Waals surface area contributed by atoms with Crippen LogP contribution in [0.15, 0.2) is 42.5 Å². The summed E-state index contributed by atoms with van der Waals surface area (Å²) in [7, 11) is 1.44. The number of rotatable bonds is 8. The van der Waals surface area contributed by atoms with Gasteiger partial charge in [-0.15, -0.1) is 0 Å². The second-order valence-electron chi connectivity index (χ2n) is 4.77. The van der Waals surface area contributed by atoms with E-state index in [1.54, 1.807) is 12.1 Å². The van der Waals surface area contributed by atoms with Crippen molar-refractivity contribution in [2.75, 3.05) is 19.0 Å². The van der Waals surface area contributed by atoms with E-state index in [1.807, 2.05) is 0 Å². The van der Waals surface area contributed by atoms with Crippen molar-refractivity contribution in [1.82, 2.24) is 0 Å². The molecule has 0 aromatic heterocycles. The van der Waals surface area contributed by atoms with Crippen molar-refractivity contribution in [3.8, 4) is 17.2 Å². The first kappa shape index (κ1) is 18.2. The van der Waals surface area contributed by atoms with E-state index < -0.39 is 12.5 Å². The van der Waals surface area contributed by atoms with Gasteiger partial charge in [0.05, 0.1) is 7.11 Å². The molecule has 0 aliphatic rings. The molecule has 0 atom stereocenters. The molecular formula is C17H15F2NO5. The summed E-state index contributed by atoms with van der Waals surface area (Å²) >= 11 is 0. The molecule has 25 heavy (non-hydrogen) atoms. The lowest BCUT2D eigenvalue weighted by Crippen LogP contribution is -2.20. The zero-order chi connectivity index (χ0) is 18.2. The summed E-state index contributed by atoms with van der Waals surface area (Å²) < 4.78 is 38.8. The summed E-state index contributed by atoms with van der Waals surface area (Å²) in [4.78, 5) is 22.7. The minimum absolute atomic E-state index is 0.0142. The van der Waals surface area contributed by atoms with E-state index in [0.29, 0.717) is 23.3 Å². The van der Waals surface area contributed by atoms with Gasteiger partial charge in [-0.2, -0.15) is 8.78 Å². The quantitative estimate of drug-likeness (QED) is 0.740. The lowest BCUT2D eigenvalue weighted by Gasteiger charge is -2.11. The number of aldehydes is 1. The Morgan fingerprint density at radius 3 is 2.48 bits per heavy atom. The average molecular weight is 351 g/mol. The number of ether oxygens (including phenoxy) is 3. The number of alkyl halides is 2. The van der Waals surface area contributed by atoms with Gasteiger partial charge < -0.3 is 19.5 Å². The number of halogens is 2. The van der Waals surface area contributed by atoms with Crippen LogP contribution in [0.4, 0.5) is 14.5 Å². The van der Waals surface area contributed by atoms with E-state index in [-0.39, 0.29) is 18.1 Å². The second-order valence-corrected chi connectivity index (χ2v) is 4.77. The molecule has 8 heteroatoms. The summed E-state index contributed by atoms with van der Waals surface area (Å²) in [6.45, 7) is -3.24. The van der Waals surface area contributed by atoms with Crippen molar-refractivity contribution in [3.63, 3.8) is 0 Å². The fraction of sp³-hybridized carbons (Fsp3) is 0.176. The summed E-state index contributed by atoms with van der Waals surface area (Å²) in [5.41, 5.74) is 0.773. The highest BCUT2D eigenvalue weighted by Gasteiger charge is 2.10. The number of hydrogen-bond acceptors (Lipinski definition) is 5. The minimum Gasteiger partial charge on any atom is -0.493 e. The van der Waals surface area contributed by atoms with Crippen LogP contribution in [0.2, 0.25) is 0 Å². The Kier molecular flexibility index (Phi) is 6.27. The highest BCUT2D eigenvalue weighted by Crippen LogP contribution is 2.27. The molecule has 0 radical (unpaired) electrons. The molecule has 132 valence electrons. The van der Waals surface area contributed by atoms with Crippen molar-refractivity contribution in [2.45, 2.75) is 6.61 Å². The lowest BCUT2D eigenvalue weighted by atomic mass is 10.2. The predicted molar refractivity (Wildman–Crippen MR) is 85.6 cm³/mol. The number of hydrogen-bond donors (Lipinski definition) is 1. The Bertz CT molecular complexity index is 734. The minimum atomic E-state index is -2.91. The van der Waals surface area contributed by atoms with Gasteiger partial charge in [-0.3, -0.25) is 9.59 Å². The Morgan fingerprint density at radius 2 is 1.88 bits per heavy atom. The Hall–Kier alpha value is -3.16. The third-order valence-electron chi connectivity index (χ3n) is 3.05. The van der Waals surface area contributed by atoms with Crippen LogP contribution >= 0.6 is 0 Å². The van der Waals surface area contributed by atoms with E-state index in [1.165, 1.54) is 37.4 Å². The summed E-state index contributed by atoms with van der Waals surface area (Å²) in [6, 6.07) is 10.0. The monoisotopic (exact) mass is 351 g/mol. The number of amides is 1. The molecule has 2 rings (SSSR count). The van der Waals surface area contributed by atoms with Gasteiger partial charge in [-0.1, -0.05) is 0 Å². The van der Waals surface area contributed by atoms with Gasteiger partial charge >= 0.3 is 6.61 Å². The molecule has 1 N–H and O–H groups in total. The van der Waals surface area contributed by atoms with Gasteiger partial charge in [0.1, 0.15) is 12.0 Å². The fourth-order valence-electron chi connectivity index (χ4n) is 1.94. The van der Waals surface area contributed by atoms with Crippen molar-refractivity contribution in [1.29, 1.82) is 0 Å². The molecule has 0 fully saturated rings. The van der Waals surface area contributed by atoms with Gasteiger partial charge in [0.25, 0.3) is 5.91 Å². The zero-order valence-electron chi connectivity index (χ0n) is 13.2. The van der Waals surface area contributed by atoms with Crippen LogP contribution in [-0.2, 0) is 4.79 Å². The molecule has 0 saturated carbocycles. The van der Waals surface area contributed by atoms with E-state index in [0.717, 1.165) is 0 Å². The van der Waals surface area contributed by atoms with Crippen LogP contribution in [-0.4, -0.2) is 32.5 Å². The zero-order valence-corrected chi connectivity index (χ0v) is 13.2. The topological polar surface area (TPSA) is 73.9 Å². The molecular weight excluding hydrogens is 336 g/mol. The lowest BCUT2D eigenvalue weighted by molar-refractivity contribution is -0.118. The number of methoxy groups -OCH3 is 1. The highest BCUT2D eigenvalue weighted by atomic mass is 19.3. The predicted octanol–water partition coefficient (Wildman–Crippen LogP) is 3.13. The van der Waals surface area contributed by atoms with Gasteiger partial charge in [-0.05, 0) is 42.5 Å². The van der Waals surface area contributed by atoms with E-state index in [2.05, 4.69) is 10.1 Å². The molecule has 0 saturated heterocycles. The smallest absolute Gasteiger partial charge is 0.387 e. The number of carbonyl (C=O) groups is 2. The van der Waals surface area contributed by atoms with Crippen LogP contribution < -0.4 is 19.5 Å². The number of carbonyl (C=O) groups excluding carboxylic acids is 2. The SMILES string of the molecule is COc1ccc(C=O)cc1OCC(=O)Nc1ccc(OC(F)F)cc1. The van der Waals surface area contributed by atoms with Crippen LogP contribution in [0.5, 0.6) is 17.2 Å². The van der Waals surface area contributed by atoms with Gasteiger partial charge in [-0.25, -0.2) is 0 Å². The van der Waals surface area contributed by atoms with Crippen LogP contribution in [0.1, 0.15) is 10.4 Å². The maximum Gasteiger partial charge on any atom is 0.387 e. The van der Waals surface area contributed by atoms with E-state index >= 15 is 0 Å². The molecule has 2 aromatic carbocycles. The first-order valence-corrected chi connectivity index (χ1v) is 7.12. The van der Waals surface area contributed by atoms with Gasteiger partial charge in [0.2, 0.25) is 0 Å². The Labute approximate surface area is 142 Å². The molecule has 0 spiro atoms. The van der Waals surface area contributed by atoms with Crippen molar-refractivity contribution in [2.24, 2.45) is 0 Å². The molecule has 1 amide bonds. The maximum atomic E-state index is 12.1. The highest BCUT2D eigenvalue weighted by molar-refractivity contribution is 5.92. The summed E-state index contributed by atoms with van der Waals surface area (Å²) in [6.07, 6.45) is 0.648. The largest absolute Gasteiger partial charge is 0.493 e. The molecule has 2 aromatic rings. The molecule has 0 aliphatic carbocycles. The third kappa shape index (κ3) is 5.45. The van der Waals surface area contributed by atoms with Crippen molar-refractivity contribution in [3.05, 3.63) is 48.0 Å². The first-order chi connectivity index (χ1) is 12.0. The molecule has 0 aliphatic heterocycles. The summed E-state index contributed by atoms with van der Waals surface area (Å²) in [5.74, 6) is 0.149. The standard InChI is InChI=1S/C17H15F2NO5/c1-23-14-7-2-11(9-21)8-15(14)24-10-16(22)20-12-3-5-13(6-4-12)25-17(18)19/h2-9,17H,10H2,1H3,(H,20,22).